The van der Waals surface area contributed by atoms with Crippen molar-refractivity contribution in [3.8, 4) is 11.3 Å². The van der Waals surface area contributed by atoms with Crippen LogP contribution in [0.15, 0.2) is 24.7 Å². The summed E-state index contributed by atoms with van der Waals surface area (Å²) in [5.41, 5.74) is 4.38. The molecule has 3 N–H and O–H groups in total. The van der Waals surface area contributed by atoms with Gasteiger partial charge in [0.05, 0.1) is 12.7 Å². The van der Waals surface area contributed by atoms with Gasteiger partial charge in [0.15, 0.2) is 0 Å². The number of tetrazole rings is 1. The van der Waals surface area contributed by atoms with Gasteiger partial charge in [0.25, 0.3) is 0 Å². The van der Waals surface area contributed by atoms with Crippen LogP contribution in [0.4, 0.5) is 14.5 Å². The van der Waals surface area contributed by atoms with E-state index >= 15 is 0 Å². The summed E-state index contributed by atoms with van der Waals surface area (Å²) in [5, 5.41) is 22.6. The van der Waals surface area contributed by atoms with Crippen molar-refractivity contribution in [2.45, 2.75) is 51.2 Å². The van der Waals surface area contributed by atoms with E-state index < -0.39 is 22.9 Å². The zero-order chi connectivity index (χ0) is 24.3. The molecule has 1 aliphatic heterocycles. The van der Waals surface area contributed by atoms with Gasteiger partial charge in [-0.05, 0) is 34.9 Å². The first kappa shape index (κ1) is 23.7. The number of aromatic nitrogens is 7. The maximum absolute atomic E-state index is 13.9. The highest BCUT2D eigenvalue weighted by Crippen LogP contribution is 2.29. The Morgan fingerprint density at radius 2 is 1.94 bits per heavy atom. The van der Waals surface area contributed by atoms with Crippen molar-refractivity contribution in [1.82, 2.24) is 40.5 Å². The number of benzene rings is 1. The minimum atomic E-state index is -0.941. The molecule has 0 unspecified atom stereocenters. The molecule has 1 amide bonds. The van der Waals surface area contributed by atoms with Crippen LogP contribution in [0.5, 0.6) is 0 Å². The predicted molar refractivity (Wildman–Crippen MR) is 117 cm³/mol. The lowest BCUT2D eigenvalue weighted by Gasteiger charge is -2.36. The van der Waals surface area contributed by atoms with E-state index in [0.717, 1.165) is 12.1 Å². The van der Waals surface area contributed by atoms with Crippen LogP contribution in [0.2, 0.25) is 0 Å². The van der Waals surface area contributed by atoms with Crippen LogP contribution in [0.1, 0.15) is 33.1 Å². The number of carbonyl (C=O) groups is 1. The van der Waals surface area contributed by atoms with Crippen LogP contribution in [-0.4, -0.2) is 60.4 Å². The molecule has 1 atom stereocenters. The predicted octanol–water partition coefficient (Wildman–Crippen LogP) is 1.53. The Bertz CT molecular complexity index is 1100. The summed E-state index contributed by atoms with van der Waals surface area (Å²) in [7, 11) is 0. The third kappa shape index (κ3) is 4.88. The molecule has 11 nitrogen and oxygen atoms in total. The Hall–Kier alpha value is -3.48. The second-order valence-electron chi connectivity index (χ2n) is 8.88. The Balaban J connectivity index is 1.53. The van der Waals surface area contributed by atoms with E-state index in [1.165, 1.54) is 11.0 Å². The minimum absolute atomic E-state index is 0.197. The fraction of sp³-hybridized carbons (Fsp3) is 0.524. The van der Waals surface area contributed by atoms with E-state index in [2.05, 4.69) is 45.0 Å². The number of rotatable bonds is 8. The van der Waals surface area contributed by atoms with Crippen molar-refractivity contribution < 1.29 is 18.3 Å². The third-order valence-corrected chi connectivity index (χ3v) is 5.94. The molecular formula is C21H27F2N9O2. The Labute approximate surface area is 194 Å². The van der Waals surface area contributed by atoms with Crippen molar-refractivity contribution in [2.24, 2.45) is 5.92 Å². The Kier molecular flexibility index (Phi) is 6.82. The van der Waals surface area contributed by atoms with Gasteiger partial charge in [-0.2, -0.15) is 0 Å². The average molecular weight is 476 g/mol. The molecule has 0 aliphatic carbocycles. The summed E-state index contributed by atoms with van der Waals surface area (Å²) in [6.45, 7) is 5.26. The number of nitrogens with zero attached hydrogens (tertiary/aromatic N) is 7. The lowest BCUT2D eigenvalue weighted by atomic mass is 9.88. The van der Waals surface area contributed by atoms with Gasteiger partial charge in [-0.15, -0.1) is 10.2 Å². The first-order valence-corrected chi connectivity index (χ1v) is 11.1. The van der Waals surface area contributed by atoms with E-state index in [0.29, 0.717) is 44.7 Å². The summed E-state index contributed by atoms with van der Waals surface area (Å²) in [6, 6.07) is 1.95. The van der Waals surface area contributed by atoms with E-state index in [-0.39, 0.29) is 23.4 Å². The number of nitrogens with two attached hydrogens (primary N) is 1. The largest absolute Gasteiger partial charge is 0.394 e. The average Bonchev–Trinajstić information content (AvgIpc) is 3.50. The molecule has 3 aromatic rings. The van der Waals surface area contributed by atoms with Gasteiger partial charge in [-0.25, -0.2) is 18.1 Å². The normalized spacial score (nSPS) is 16.5. The SMILES string of the molecule is CC(C)C[C@@H](Cn1cc(-c2cc(F)c(N)c(F)c2)nn1)NC(=O)C1(n2cnnn2)CCOCC1. The summed E-state index contributed by atoms with van der Waals surface area (Å²) in [4.78, 5) is 13.5. The van der Waals surface area contributed by atoms with Gasteiger partial charge >= 0.3 is 0 Å². The first-order chi connectivity index (χ1) is 16.3. The molecule has 1 saturated heterocycles. The highest BCUT2D eigenvalue weighted by molar-refractivity contribution is 5.84. The molecule has 34 heavy (non-hydrogen) atoms. The molecule has 0 spiro atoms. The second-order valence-corrected chi connectivity index (χ2v) is 8.88. The van der Waals surface area contributed by atoms with Crippen LogP contribution in [0.3, 0.4) is 0 Å². The summed E-state index contributed by atoms with van der Waals surface area (Å²) < 4.78 is 36.2. The lowest BCUT2D eigenvalue weighted by molar-refractivity contribution is -0.137. The monoisotopic (exact) mass is 475 g/mol. The molecule has 1 aliphatic rings. The summed E-state index contributed by atoms with van der Waals surface area (Å²) >= 11 is 0. The molecule has 0 radical (unpaired) electrons. The fourth-order valence-electron chi connectivity index (χ4n) is 4.17. The number of hydrogen-bond donors (Lipinski definition) is 2. The molecule has 2 aromatic heterocycles. The molecule has 4 rings (SSSR count). The quantitative estimate of drug-likeness (QED) is 0.468. The van der Waals surface area contributed by atoms with Crippen LogP contribution in [-0.2, 0) is 21.6 Å². The number of carbonyl (C=O) groups excluding carboxylic acids is 1. The lowest BCUT2D eigenvalue weighted by Crippen LogP contribution is -2.55. The van der Waals surface area contributed by atoms with Crippen LogP contribution in [0.25, 0.3) is 11.3 Å². The molecule has 1 aromatic carbocycles. The van der Waals surface area contributed by atoms with Crippen LogP contribution < -0.4 is 11.1 Å². The second kappa shape index (κ2) is 9.79. The zero-order valence-electron chi connectivity index (χ0n) is 19.0. The topological polar surface area (TPSA) is 139 Å². The van der Waals surface area contributed by atoms with Gasteiger partial charge in [0.1, 0.15) is 34.9 Å². The van der Waals surface area contributed by atoms with Gasteiger partial charge in [-0.1, -0.05) is 19.1 Å². The maximum Gasteiger partial charge on any atom is 0.248 e. The van der Waals surface area contributed by atoms with Crippen LogP contribution >= 0.6 is 0 Å². The van der Waals surface area contributed by atoms with Crippen molar-refractivity contribution >= 4 is 11.6 Å². The van der Waals surface area contributed by atoms with Crippen molar-refractivity contribution in [2.75, 3.05) is 18.9 Å². The molecule has 0 bridgehead atoms. The smallest absolute Gasteiger partial charge is 0.248 e. The number of halogens is 2. The van der Waals surface area contributed by atoms with Crippen molar-refractivity contribution in [1.29, 1.82) is 0 Å². The molecule has 0 saturated carbocycles. The standard InChI is InChI=1S/C21H27F2N9O2/c1-13(2)7-15(26-20(33)21(3-5-34-6-4-21)32-12-25-28-30-32)10-31-11-18(27-29-31)14-8-16(22)19(24)17(23)9-14/h8-9,11-13,15H,3-7,10,24H2,1-2H3,(H,26,33)/t15-/m0/s1. The van der Waals surface area contributed by atoms with Crippen molar-refractivity contribution in [3.63, 3.8) is 0 Å². The number of hydrogen-bond acceptors (Lipinski definition) is 8. The number of anilines is 1. The van der Waals surface area contributed by atoms with E-state index in [1.807, 2.05) is 0 Å². The van der Waals surface area contributed by atoms with Crippen molar-refractivity contribution in [3.05, 3.63) is 36.3 Å². The van der Waals surface area contributed by atoms with Gasteiger partial charge in [0.2, 0.25) is 5.91 Å². The number of amides is 1. The summed E-state index contributed by atoms with van der Waals surface area (Å²) in [5.74, 6) is -1.64. The molecular weight excluding hydrogens is 448 g/mol. The highest BCUT2D eigenvalue weighted by atomic mass is 19.1. The first-order valence-electron chi connectivity index (χ1n) is 11.1. The summed E-state index contributed by atoms with van der Waals surface area (Å²) in [6.07, 6.45) is 4.58. The molecule has 13 heteroatoms. The number of ether oxygens (including phenoxy) is 1. The fourth-order valence-corrected chi connectivity index (χ4v) is 4.17. The van der Waals surface area contributed by atoms with Gasteiger partial charge < -0.3 is 15.8 Å². The Morgan fingerprint density at radius 1 is 1.24 bits per heavy atom. The number of nitrogen functional groups attached to an aromatic ring is 1. The van der Waals surface area contributed by atoms with E-state index in [1.54, 1.807) is 10.9 Å². The van der Waals surface area contributed by atoms with E-state index in [4.69, 9.17) is 10.5 Å². The zero-order valence-corrected chi connectivity index (χ0v) is 19.0. The highest BCUT2D eigenvalue weighted by Gasteiger charge is 2.44. The van der Waals surface area contributed by atoms with Crippen LogP contribution in [0, 0.1) is 17.6 Å². The third-order valence-electron chi connectivity index (χ3n) is 5.94. The van der Waals surface area contributed by atoms with Gasteiger partial charge in [0, 0.05) is 37.7 Å². The Morgan fingerprint density at radius 3 is 2.56 bits per heavy atom. The minimum Gasteiger partial charge on any atom is -0.394 e. The van der Waals surface area contributed by atoms with E-state index in [9.17, 15) is 13.6 Å². The molecule has 182 valence electrons. The molecule has 1 fully saturated rings. The van der Waals surface area contributed by atoms with Gasteiger partial charge in [-0.3, -0.25) is 4.79 Å². The molecule has 3 heterocycles. The maximum atomic E-state index is 13.9. The number of nitrogens with one attached hydrogen (secondary N) is 1.